The smallest absolute Gasteiger partial charge is 0.143 e. The average molecular weight is 753 g/mol. The maximum Gasteiger partial charge on any atom is 0.143 e. The number of rotatable bonds is 6. The van der Waals surface area contributed by atoms with Gasteiger partial charge in [0, 0.05) is 49.7 Å². The van der Waals surface area contributed by atoms with Gasteiger partial charge in [0.15, 0.2) is 0 Å². The fraction of sp³-hybridized carbons (Fsp3) is 0. The van der Waals surface area contributed by atoms with Crippen molar-refractivity contribution in [2.24, 2.45) is 0 Å². The second-order valence-electron chi connectivity index (χ2n) is 15.3. The summed E-state index contributed by atoms with van der Waals surface area (Å²) in [5.41, 5.74) is 13.2. The molecule has 10 aromatic carbocycles. The zero-order valence-corrected chi connectivity index (χ0v) is 32.1. The molecule has 276 valence electrons. The Hall–Kier alpha value is -7.88. The highest BCUT2D eigenvalue weighted by molar-refractivity contribution is 6.19. The van der Waals surface area contributed by atoms with Gasteiger partial charge in [0.2, 0.25) is 0 Å². The normalized spacial score (nSPS) is 11.7. The summed E-state index contributed by atoms with van der Waals surface area (Å²) < 4.78 is 8.92. The highest BCUT2D eigenvalue weighted by atomic mass is 16.3. The lowest BCUT2D eigenvalue weighted by Crippen LogP contribution is -2.10. The molecule has 12 rings (SSSR count). The fourth-order valence-corrected chi connectivity index (χ4v) is 9.18. The molecule has 12 aromatic rings. The van der Waals surface area contributed by atoms with Gasteiger partial charge < -0.3 is 13.9 Å². The number of aromatic nitrogens is 1. The summed E-state index contributed by atoms with van der Waals surface area (Å²) in [6.45, 7) is 0. The van der Waals surface area contributed by atoms with Crippen LogP contribution in [0.1, 0.15) is 0 Å². The van der Waals surface area contributed by atoms with Crippen LogP contribution >= 0.6 is 0 Å². The first kappa shape index (κ1) is 33.3. The van der Waals surface area contributed by atoms with Crippen molar-refractivity contribution in [2.45, 2.75) is 0 Å². The number of nitrogens with zero attached hydrogens (tertiary/aromatic N) is 2. The number of anilines is 3. The Morgan fingerprint density at radius 2 is 0.949 bits per heavy atom. The molecule has 0 fully saturated rings. The second kappa shape index (κ2) is 13.4. The Bertz CT molecular complexity index is 3500. The van der Waals surface area contributed by atoms with Crippen LogP contribution < -0.4 is 4.90 Å². The van der Waals surface area contributed by atoms with Gasteiger partial charge in [-0.15, -0.1) is 0 Å². The van der Waals surface area contributed by atoms with E-state index >= 15 is 0 Å². The van der Waals surface area contributed by atoms with Gasteiger partial charge in [-0.25, -0.2) is 0 Å². The van der Waals surface area contributed by atoms with Crippen molar-refractivity contribution in [1.29, 1.82) is 0 Å². The van der Waals surface area contributed by atoms with E-state index in [1.807, 2.05) is 0 Å². The van der Waals surface area contributed by atoms with Crippen LogP contribution in [0.15, 0.2) is 223 Å². The van der Waals surface area contributed by atoms with Gasteiger partial charge in [-0.05, 0) is 117 Å². The zero-order chi connectivity index (χ0) is 38.9. The molecule has 0 bridgehead atoms. The number of benzene rings is 10. The molecule has 0 spiro atoms. The monoisotopic (exact) mass is 752 g/mol. The minimum atomic E-state index is 0.897. The second-order valence-corrected chi connectivity index (χ2v) is 15.3. The summed E-state index contributed by atoms with van der Waals surface area (Å²) in [6, 6.07) is 78.7. The molecule has 2 aromatic heterocycles. The lowest BCUT2D eigenvalue weighted by molar-refractivity contribution is 0.673. The van der Waals surface area contributed by atoms with E-state index in [2.05, 4.69) is 228 Å². The van der Waals surface area contributed by atoms with Crippen LogP contribution in [0.3, 0.4) is 0 Å². The lowest BCUT2D eigenvalue weighted by Gasteiger charge is -2.26. The van der Waals surface area contributed by atoms with Gasteiger partial charge in [0.1, 0.15) is 11.2 Å². The van der Waals surface area contributed by atoms with Gasteiger partial charge in [-0.1, -0.05) is 140 Å². The average Bonchev–Trinajstić information content (AvgIpc) is 3.86. The van der Waals surface area contributed by atoms with E-state index in [4.69, 9.17) is 4.42 Å². The Morgan fingerprint density at radius 1 is 0.356 bits per heavy atom. The van der Waals surface area contributed by atoms with Crippen molar-refractivity contribution in [3.63, 3.8) is 0 Å². The van der Waals surface area contributed by atoms with Crippen molar-refractivity contribution in [1.82, 2.24) is 4.57 Å². The predicted octanol–water partition coefficient (Wildman–Crippen LogP) is 15.8. The topological polar surface area (TPSA) is 21.3 Å². The maximum absolute atomic E-state index is 6.55. The van der Waals surface area contributed by atoms with Crippen LogP contribution in [0.4, 0.5) is 17.1 Å². The zero-order valence-electron chi connectivity index (χ0n) is 32.1. The molecule has 0 N–H and O–H groups in total. The molecule has 2 heterocycles. The number of furan rings is 1. The van der Waals surface area contributed by atoms with Crippen LogP contribution in [0.5, 0.6) is 0 Å². The van der Waals surface area contributed by atoms with E-state index in [1.165, 1.54) is 49.1 Å². The Morgan fingerprint density at radius 3 is 1.71 bits per heavy atom. The van der Waals surface area contributed by atoms with E-state index in [-0.39, 0.29) is 0 Å². The summed E-state index contributed by atoms with van der Waals surface area (Å²) in [5.74, 6) is 0. The van der Waals surface area contributed by atoms with Gasteiger partial charge in [-0.2, -0.15) is 0 Å². The molecule has 0 aliphatic rings. The molecule has 3 nitrogen and oxygen atoms in total. The van der Waals surface area contributed by atoms with Crippen molar-refractivity contribution in [3.8, 4) is 27.9 Å². The van der Waals surface area contributed by atoms with Crippen LogP contribution in [-0.4, -0.2) is 4.57 Å². The molecule has 3 heteroatoms. The molecule has 0 radical (unpaired) electrons. The van der Waals surface area contributed by atoms with E-state index in [0.29, 0.717) is 0 Å². The number of hydrogen-bond acceptors (Lipinski definition) is 2. The third-order valence-corrected chi connectivity index (χ3v) is 12.0. The molecular formula is C56H36N2O. The first-order valence-electron chi connectivity index (χ1n) is 20.2. The molecule has 0 unspecified atom stereocenters. The standard InChI is InChI=1S/C56H36N2O/c1-2-13-40-35-42(24-23-37(40)11-1)41-14-9-15-46(36-41)57(44-30-32-45(33-31-44)58-52-20-7-5-17-49(52)50-18-6-8-21-53(50)58)43-28-25-39(26-29-43)47-19-10-22-54-55(47)51-34-27-38-12-3-4-16-48(38)56(51)59-54/h1-36H. The molecular weight excluding hydrogens is 717 g/mol. The molecule has 0 atom stereocenters. The van der Waals surface area contributed by atoms with E-state index < -0.39 is 0 Å². The summed E-state index contributed by atoms with van der Waals surface area (Å²) in [6.07, 6.45) is 0. The van der Waals surface area contributed by atoms with Crippen LogP contribution in [-0.2, 0) is 0 Å². The number of fused-ring (bicyclic) bond motifs is 9. The number of hydrogen-bond donors (Lipinski definition) is 0. The first-order valence-corrected chi connectivity index (χ1v) is 20.2. The van der Waals surface area contributed by atoms with Crippen molar-refractivity contribution in [3.05, 3.63) is 218 Å². The summed E-state index contributed by atoms with van der Waals surface area (Å²) in [4.78, 5) is 2.37. The molecule has 0 saturated carbocycles. The predicted molar refractivity (Wildman–Crippen MR) is 249 cm³/mol. The Balaban J connectivity index is 0.988. The fourth-order valence-electron chi connectivity index (χ4n) is 9.18. The highest BCUT2D eigenvalue weighted by Gasteiger charge is 2.18. The molecule has 0 aliphatic carbocycles. The molecule has 0 saturated heterocycles. The summed E-state index contributed by atoms with van der Waals surface area (Å²) >= 11 is 0. The minimum Gasteiger partial charge on any atom is -0.455 e. The lowest BCUT2D eigenvalue weighted by atomic mass is 9.97. The van der Waals surface area contributed by atoms with Gasteiger partial charge >= 0.3 is 0 Å². The van der Waals surface area contributed by atoms with Gasteiger partial charge in [0.25, 0.3) is 0 Å². The Kier molecular flexibility index (Phi) is 7.54. The maximum atomic E-state index is 6.55. The minimum absolute atomic E-state index is 0.897. The van der Waals surface area contributed by atoms with Gasteiger partial charge in [-0.3, -0.25) is 0 Å². The van der Waals surface area contributed by atoms with Crippen LogP contribution in [0, 0.1) is 0 Å². The van der Waals surface area contributed by atoms with Crippen LogP contribution in [0.25, 0.3) is 93.2 Å². The summed E-state index contributed by atoms with van der Waals surface area (Å²) in [5, 5.41) is 9.57. The van der Waals surface area contributed by atoms with Crippen molar-refractivity contribution >= 4 is 82.4 Å². The SMILES string of the molecule is c1cc(-c2ccc3ccccc3c2)cc(N(c2ccc(-c3cccc4oc5c6ccccc6ccc5c34)cc2)c2ccc(-n3c4ccccc4c4ccccc43)cc2)c1. The first-order chi connectivity index (χ1) is 29.2. The van der Waals surface area contributed by atoms with E-state index in [1.54, 1.807) is 0 Å². The molecule has 0 amide bonds. The third kappa shape index (κ3) is 5.44. The Labute approximate surface area is 341 Å². The van der Waals surface area contributed by atoms with Crippen molar-refractivity contribution in [2.75, 3.05) is 4.90 Å². The quantitative estimate of drug-likeness (QED) is 0.169. The molecule has 59 heavy (non-hydrogen) atoms. The van der Waals surface area contributed by atoms with E-state index in [0.717, 1.165) is 61.2 Å². The summed E-state index contributed by atoms with van der Waals surface area (Å²) in [7, 11) is 0. The van der Waals surface area contributed by atoms with Crippen molar-refractivity contribution < 1.29 is 4.42 Å². The highest BCUT2D eigenvalue weighted by Crippen LogP contribution is 2.42. The number of para-hydroxylation sites is 2. The van der Waals surface area contributed by atoms with E-state index in [9.17, 15) is 0 Å². The van der Waals surface area contributed by atoms with Gasteiger partial charge in [0.05, 0.1) is 11.0 Å². The molecule has 0 aliphatic heterocycles. The largest absolute Gasteiger partial charge is 0.455 e. The van der Waals surface area contributed by atoms with Crippen LogP contribution in [0.2, 0.25) is 0 Å². The third-order valence-electron chi connectivity index (χ3n) is 12.0.